The number of carbonyl (C=O) groups excluding carboxylic acids is 1. The minimum atomic E-state index is -0.131. The second-order valence-electron chi connectivity index (χ2n) is 4.78. The van der Waals surface area contributed by atoms with Crippen molar-refractivity contribution in [3.63, 3.8) is 0 Å². The van der Waals surface area contributed by atoms with Gasteiger partial charge in [-0.3, -0.25) is 4.79 Å². The summed E-state index contributed by atoms with van der Waals surface area (Å²) in [6.07, 6.45) is 1.78. The lowest BCUT2D eigenvalue weighted by Crippen LogP contribution is -2.10. The van der Waals surface area contributed by atoms with Gasteiger partial charge in [-0.25, -0.2) is 0 Å². The maximum absolute atomic E-state index is 12.8. The van der Waals surface area contributed by atoms with E-state index in [0.717, 1.165) is 16.8 Å². The minimum Gasteiger partial charge on any atom is -0.344 e. The summed E-state index contributed by atoms with van der Waals surface area (Å²) in [5.41, 5.74) is 5.27. The standard InChI is InChI=1S/C16H14Cl3NO/c1-9-12(6-7-17)10(2)20(3)15(9)16(21)13-5-4-11(18)8-14(13)19/h4-8H,1-3H3/b7-6+. The van der Waals surface area contributed by atoms with Crippen LogP contribution in [0.3, 0.4) is 0 Å². The van der Waals surface area contributed by atoms with E-state index in [0.29, 0.717) is 21.3 Å². The summed E-state index contributed by atoms with van der Waals surface area (Å²) in [5.74, 6) is -0.131. The van der Waals surface area contributed by atoms with Gasteiger partial charge in [-0.1, -0.05) is 34.8 Å². The fourth-order valence-electron chi connectivity index (χ4n) is 2.43. The third kappa shape index (κ3) is 2.89. The first-order chi connectivity index (χ1) is 9.88. The van der Waals surface area contributed by atoms with Gasteiger partial charge in [0.05, 0.1) is 10.7 Å². The van der Waals surface area contributed by atoms with Crippen molar-refractivity contribution in [3.05, 3.63) is 61.9 Å². The summed E-state index contributed by atoms with van der Waals surface area (Å²) in [7, 11) is 1.85. The van der Waals surface area contributed by atoms with Gasteiger partial charge in [0.1, 0.15) is 0 Å². The summed E-state index contributed by atoms with van der Waals surface area (Å²) < 4.78 is 1.86. The topological polar surface area (TPSA) is 22.0 Å². The largest absolute Gasteiger partial charge is 0.344 e. The lowest BCUT2D eigenvalue weighted by atomic mass is 10.0. The lowest BCUT2D eigenvalue weighted by Gasteiger charge is -2.07. The highest BCUT2D eigenvalue weighted by Crippen LogP contribution is 2.28. The van der Waals surface area contributed by atoms with Crippen molar-refractivity contribution >= 4 is 46.7 Å². The highest BCUT2D eigenvalue weighted by Gasteiger charge is 2.22. The molecule has 5 heteroatoms. The van der Waals surface area contributed by atoms with Crippen LogP contribution < -0.4 is 0 Å². The van der Waals surface area contributed by atoms with E-state index in [-0.39, 0.29) is 5.78 Å². The van der Waals surface area contributed by atoms with Crippen molar-refractivity contribution < 1.29 is 4.79 Å². The summed E-state index contributed by atoms with van der Waals surface area (Å²) in [6, 6.07) is 4.87. The molecule has 0 saturated carbocycles. The first-order valence-electron chi connectivity index (χ1n) is 6.30. The highest BCUT2D eigenvalue weighted by atomic mass is 35.5. The minimum absolute atomic E-state index is 0.131. The molecule has 0 aliphatic rings. The molecule has 0 bridgehead atoms. The van der Waals surface area contributed by atoms with E-state index in [1.807, 2.05) is 25.5 Å². The molecular weight excluding hydrogens is 329 g/mol. The van der Waals surface area contributed by atoms with Crippen LogP contribution in [0.1, 0.15) is 32.9 Å². The Balaban J connectivity index is 2.61. The van der Waals surface area contributed by atoms with Gasteiger partial charge in [-0.05, 0) is 49.2 Å². The number of ketones is 1. The van der Waals surface area contributed by atoms with Crippen LogP contribution in [0.25, 0.3) is 6.08 Å². The van der Waals surface area contributed by atoms with Crippen LogP contribution in [0.2, 0.25) is 10.0 Å². The van der Waals surface area contributed by atoms with Gasteiger partial charge in [0, 0.05) is 28.9 Å². The third-order valence-corrected chi connectivity index (χ3v) is 4.28. The molecule has 0 saturated heterocycles. The van der Waals surface area contributed by atoms with E-state index in [1.165, 1.54) is 5.54 Å². The summed E-state index contributed by atoms with van der Waals surface area (Å²) in [5, 5.41) is 0.849. The molecule has 0 aliphatic carbocycles. The molecule has 0 radical (unpaired) electrons. The number of hydrogen-bond donors (Lipinski definition) is 0. The molecular formula is C16H14Cl3NO. The Morgan fingerprint density at radius 1 is 1.24 bits per heavy atom. The van der Waals surface area contributed by atoms with Crippen LogP contribution in [0.4, 0.5) is 0 Å². The van der Waals surface area contributed by atoms with Gasteiger partial charge >= 0.3 is 0 Å². The number of halogens is 3. The second-order valence-corrected chi connectivity index (χ2v) is 5.87. The van der Waals surface area contributed by atoms with Gasteiger partial charge in [0.15, 0.2) is 0 Å². The van der Waals surface area contributed by atoms with Crippen LogP contribution in [0.15, 0.2) is 23.7 Å². The van der Waals surface area contributed by atoms with E-state index >= 15 is 0 Å². The quantitative estimate of drug-likeness (QED) is 0.685. The normalized spacial score (nSPS) is 11.3. The molecule has 0 fully saturated rings. The van der Waals surface area contributed by atoms with Gasteiger partial charge in [0.25, 0.3) is 0 Å². The molecule has 0 amide bonds. The molecule has 2 aromatic rings. The maximum atomic E-state index is 12.8. The average molecular weight is 343 g/mol. The SMILES string of the molecule is Cc1c(/C=C/Cl)c(C)n(C)c1C(=O)c1ccc(Cl)cc1Cl. The lowest BCUT2D eigenvalue weighted by molar-refractivity contribution is 0.103. The van der Waals surface area contributed by atoms with Crippen LogP contribution in [-0.2, 0) is 7.05 Å². The second kappa shape index (κ2) is 6.27. The highest BCUT2D eigenvalue weighted by molar-refractivity contribution is 6.37. The molecule has 2 nitrogen and oxygen atoms in total. The molecule has 0 aliphatic heterocycles. The van der Waals surface area contributed by atoms with Gasteiger partial charge in [0.2, 0.25) is 5.78 Å². The Bertz CT molecular complexity index is 744. The van der Waals surface area contributed by atoms with Crippen molar-refractivity contribution in [2.45, 2.75) is 13.8 Å². The number of nitrogens with zero attached hydrogens (tertiary/aromatic N) is 1. The molecule has 1 aromatic heterocycles. The number of rotatable bonds is 3. The van der Waals surface area contributed by atoms with E-state index in [1.54, 1.807) is 24.3 Å². The van der Waals surface area contributed by atoms with Crippen molar-refractivity contribution in [1.29, 1.82) is 0 Å². The van der Waals surface area contributed by atoms with Crippen LogP contribution in [-0.4, -0.2) is 10.4 Å². The fraction of sp³-hybridized carbons (Fsp3) is 0.188. The molecule has 110 valence electrons. The van der Waals surface area contributed by atoms with E-state index in [4.69, 9.17) is 34.8 Å². The van der Waals surface area contributed by atoms with Gasteiger partial charge in [-0.15, -0.1) is 0 Å². The third-order valence-electron chi connectivity index (χ3n) is 3.61. The molecule has 0 unspecified atom stereocenters. The zero-order valence-corrected chi connectivity index (χ0v) is 14.1. The summed E-state index contributed by atoms with van der Waals surface area (Å²) in [6.45, 7) is 3.84. The van der Waals surface area contributed by atoms with E-state index < -0.39 is 0 Å². The molecule has 21 heavy (non-hydrogen) atoms. The molecule has 1 heterocycles. The molecule has 0 N–H and O–H groups in total. The smallest absolute Gasteiger partial charge is 0.211 e. The van der Waals surface area contributed by atoms with Crippen LogP contribution >= 0.6 is 34.8 Å². The van der Waals surface area contributed by atoms with E-state index in [9.17, 15) is 4.79 Å². The zero-order valence-electron chi connectivity index (χ0n) is 11.9. The van der Waals surface area contributed by atoms with Crippen molar-refractivity contribution in [2.75, 3.05) is 0 Å². The van der Waals surface area contributed by atoms with Crippen molar-refractivity contribution in [3.8, 4) is 0 Å². The molecule has 0 spiro atoms. The first-order valence-corrected chi connectivity index (χ1v) is 7.50. The first kappa shape index (κ1) is 16.2. The number of carbonyl (C=O) groups is 1. The van der Waals surface area contributed by atoms with Crippen molar-refractivity contribution in [1.82, 2.24) is 4.57 Å². The Morgan fingerprint density at radius 3 is 2.48 bits per heavy atom. The predicted molar refractivity (Wildman–Crippen MR) is 89.7 cm³/mol. The zero-order chi connectivity index (χ0) is 15.7. The Morgan fingerprint density at radius 2 is 1.90 bits per heavy atom. The maximum Gasteiger partial charge on any atom is 0.211 e. The van der Waals surface area contributed by atoms with Crippen LogP contribution in [0.5, 0.6) is 0 Å². The number of aromatic nitrogens is 1. The molecule has 2 rings (SSSR count). The molecule has 1 aromatic carbocycles. The average Bonchev–Trinajstić information content (AvgIpc) is 2.63. The van der Waals surface area contributed by atoms with Gasteiger partial charge in [-0.2, -0.15) is 0 Å². The number of hydrogen-bond acceptors (Lipinski definition) is 1. The van der Waals surface area contributed by atoms with Gasteiger partial charge < -0.3 is 4.57 Å². The predicted octanol–water partition coefficient (Wildman–Crippen LogP) is 5.39. The Kier molecular flexibility index (Phi) is 4.82. The van der Waals surface area contributed by atoms with Crippen LogP contribution in [0, 0.1) is 13.8 Å². The Labute approximate surface area is 138 Å². The van der Waals surface area contributed by atoms with E-state index in [2.05, 4.69) is 0 Å². The summed E-state index contributed by atoms with van der Waals surface area (Å²) in [4.78, 5) is 12.8. The Hall–Kier alpha value is -1.22. The number of benzene rings is 1. The monoisotopic (exact) mass is 341 g/mol. The fourth-order valence-corrected chi connectivity index (χ4v) is 3.05. The summed E-state index contributed by atoms with van der Waals surface area (Å²) >= 11 is 17.7. The molecule has 0 atom stereocenters. The van der Waals surface area contributed by atoms with Crippen molar-refractivity contribution in [2.24, 2.45) is 7.05 Å².